The number of halogens is 1. The minimum absolute atomic E-state index is 0.0458. The fraction of sp³-hybridized carbons (Fsp3) is 0.619. The number of likely N-dealkylation sites (tertiary alicyclic amines) is 1. The van der Waals surface area contributed by atoms with Gasteiger partial charge in [0.15, 0.2) is 0 Å². The Morgan fingerprint density at radius 3 is 2.75 bits per heavy atom. The third-order valence-corrected chi connectivity index (χ3v) is 6.24. The van der Waals surface area contributed by atoms with Gasteiger partial charge < -0.3 is 19.9 Å². The number of urea groups is 1. The zero-order valence-corrected chi connectivity index (χ0v) is 17.5. The van der Waals surface area contributed by atoms with Crippen molar-refractivity contribution in [1.29, 1.82) is 0 Å². The van der Waals surface area contributed by atoms with Crippen LogP contribution in [0.3, 0.4) is 0 Å². The lowest BCUT2D eigenvalue weighted by Crippen LogP contribution is -2.53. The second-order valence-electron chi connectivity index (χ2n) is 7.82. The Morgan fingerprint density at radius 2 is 2.04 bits per heavy atom. The number of hydrogen-bond acceptors (Lipinski definition) is 3. The van der Waals surface area contributed by atoms with Crippen LogP contribution in [-0.2, 0) is 16.1 Å². The monoisotopic (exact) mass is 407 g/mol. The molecule has 0 aliphatic carbocycles. The van der Waals surface area contributed by atoms with Crippen molar-refractivity contribution in [1.82, 2.24) is 15.1 Å². The van der Waals surface area contributed by atoms with E-state index in [1.165, 1.54) is 0 Å². The molecular weight excluding hydrogens is 378 g/mol. The zero-order valence-electron chi connectivity index (χ0n) is 16.7. The number of ether oxygens (including phenoxy) is 1. The summed E-state index contributed by atoms with van der Waals surface area (Å²) in [5.41, 5.74) is 2.01. The summed E-state index contributed by atoms with van der Waals surface area (Å²) in [7, 11) is 1.82. The maximum Gasteiger partial charge on any atom is 0.317 e. The molecule has 0 bridgehead atoms. The first-order valence-corrected chi connectivity index (χ1v) is 10.5. The van der Waals surface area contributed by atoms with Crippen molar-refractivity contribution in [2.45, 2.75) is 45.2 Å². The van der Waals surface area contributed by atoms with Crippen molar-refractivity contribution in [2.24, 2.45) is 5.92 Å². The maximum absolute atomic E-state index is 12.8. The van der Waals surface area contributed by atoms with Gasteiger partial charge in [-0.15, -0.1) is 0 Å². The lowest BCUT2D eigenvalue weighted by molar-refractivity contribution is -0.140. The normalized spacial score (nSPS) is 20.7. The van der Waals surface area contributed by atoms with E-state index in [2.05, 4.69) is 5.32 Å². The molecule has 7 heteroatoms. The first kappa shape index (κ1) is 20.9. The highest BCUT2D eigenvalue weighted by Crippen LogP contribution is 2.22. The molecule has 0 spiro atoms. The maximum atomic E-state index is 12.8. The lowest BCUT2D eigenvalue weighted by Gasteiger charge is -2.39. The molecule has 0 radical (unpaired) electrons. The number of likely N-dealkylation sites (N-methyl/N-ethyl adjacent to an activating group) is 1. The quantitative estimate of drug-likeness (QED) is 0.833. The average molecular weight is 408 g/mol. The smallest absolute Gasteiger partial charge is 0.317 e. The van der Waals surface area contributed by atoms with E-state index in [1.54, 1.807) is 4.90 Å². The van der Waals surface area contributed by atoms with E-state index in [1.807, 2.05) is 37.1 Å². The number of carbonyl (C=O) groups excluding carboxylic acids is 2. The standard InChI is InChI=1S/C21H30ClN3O3/c1-15-12-16(5-6-19(15)22)13-23-21(27)24(2)18-4-3-9-25(14-18)20(26)17-7-10-28-11-8-17/h5-6,12,17-18H,3-4,7-11,13-14H2,1-2H3,(H,23,27)/t18-/m1/s1. The molecule has 2 aliphatic rings. The molecule has 1 N–H and O–H groups in total. The lowest BCUT2D eigenvalue weighted by atomic mass is 9.96. The summed E-state index contributed by atoms with van der Waals surface area (Å²) in [6, 6.07) is 5.69. The number of benzene rings is 1. The van der Waals surface area contributed by atoms with Crippen LogP contribution in [-0.4, -0.2) is 61.1 Å². The van der Waals surface area contributed by atoms with Crippen molar-refractivity contribution in [3.8, 4) is 0 Å². The third-order valence-electron chi connectivity index (χ3n) is 5.81. The molecule has 2 fully saturated rings. The van der Waals surface area contributed by atoms with Gasteiger partial charge in [0, 0.05) is 50.8 Å². The number of aryl methyl sites for hydroxylation is 1. The molecule has 6 nitrogen and oxygen atoms in total. The van der Waals surface area contributed by atoms with Crippen molar-refractivity contribution < 1.29 is 14.3 Å². The van der Waals surface area contributed by atoms with Crippen LogP contribution in [0.15, 0.2) is 18.2 Å². The fourth-order valence-electron chi connectivity index (χ4n) is 3.96. The predicted molar refractivity (Wildman–Crippen MR) is 109 cm³/mol. The summed E-state index contributed by atoms with van der Waals surface area (Å²) in [5.74, 6) is 0.290. The summed E-state index contributed by atoms with van der Waals surface area (Å²) in [6.07, 6.45) is 3.45. The minimum Gasteiger partial charge on any atom is -0.381 e. The van der Waals surface area contributed by atoms with E-state index in [0.29, 0.717) is 26.3 Å². The summed E-state index contributed by atoms with van der Waals surface area (Å²) < 4.78 is 5.37. The molecule has 28 heavy (non-hydrogen) atoms. The third kappa shape index (κ3) is 5.17. The van der Waals surface area contributed by atoms with E-state index in [4.69, 9.17) is 16.3 Å². The van der Waals surface area contributed by atoms with E-state index in [-0.39, 0.29) is 23.9 Å². The number of nitrogens with zero attached hydrogens (tertiary/aromatic N) is 2. The number of hydrogen-bond donors (Lipinski definition) is 1. The van der Waals surface area contributed by atoms with Crippen LogP contribution in [0.5, 0.6) is 0 Å². The highest BCUT2D eigenvalue weighted by atomic mass is 35.5. The SMILES string of the molecule is Cc1cc(CNC(=O)N(C)[C@@H]2CCCN(C(=O)C3CCOCC3)C2)ccc1Cl. The Hall–Kier alpha value is -1.79. The van der Waals surface area contributed by atoms with Crippen LogP contribution in [0.25, 0.3) is 0 Å². The molecule has 1 atom stereocenters. The molecule has 3 amide bonds. The van der Waals surface area contributed by atoms with Gasteiger partial charge in [0.25, 0.3) is 0 Å². The molecular formula is C21H30ClN3O3. The number of carbonyl (C=O) groups is 2. The predicted octanol–water partition coefficient (Wildman–Crippen LogP) is 3.21. The van der Waals surface area contributed by atoms with Crippen LogP contribution in [0.4, 0.5) is 4.79 Å². The molecule has 2 saturated heterocycles. The van der Waals surface area contributed by atoms with Crippen molar-refractivity contribution in [3.05, 3.63) is 34.3 Å². The Balaban J connectivity index is 1.52. The summed E-state index contributed by atoms with van der Waals surface area (Å²) >= 11 is 6.06. The largest absolute Gasteiger partial charge is 0.381 e. The molecule has 0 saturated carbocycles. The van der Waals surface area contributed by atoms with Crippen molar-refractivity contribution in [2.75, 3.05) is 33.4 Å². The van der Waals surface area contributed by atoms with Crippen LogP contribution in [0.1, 0.15) is 36.8 Å². The van der Waals surface area contributed by atoms with E-state index >= 15 is 0 Å². The van der Waals surface area contributed by atoms with Crippen molar-refractivity contribution >= 4 is 23.5 Å². The van der Waals surface area contributed by atoms with Gasteiger partial charge in [-0.25, -0.2) is 4.79 Å². The Bertz CT molecular complexity index is 706. The van der Waals surface area contributed by atoms with E-state index in [9.17, 15) is 9.59 Å². The van der Waals surface area contributed by atoms with Gasteiger partial charge in [0.2, 0.25) is 5.91 Å². The molecule has 2 aliphatic heterocycles. The first-order valence-electron chi connectivity index (χ1n) is 10.1. The van der Waals surface area contributed by atoms with Gasteiger partial charge in [-0.3, -0.25) is 4.79 Å². The summed E-state index contributed by atoms with van der Waals surface area (Å²) in [6.45, 7) is 5.14. The Kier molecular flexibility index (Phi) is 7.18. The van der Waals surface area contributed by atoms with Gasteiger partial charge in [-0.05, 0) is 49.8 Å². The van der Waals surface area contributed by atoms with Gasteiger partial charge in [-0.1, -0.05) is 23.7 Å². The molecule has 154 valence electrons. The number of rotatable bonds is 4. The molecule has 2 heterocycles. The van der Waals surface area contributed by atoms with Gasteiger partial charge in [-0.2, -0.15) is 0 Å². The Labute approximate surface area is 172 Å². The first-order chi connectivity index (χ1) is 13.5. The summed E-state index contributed by atoms with van der Waals surface area (Å²) in [4.78, 5) is 29.1. The van der Waals surface area contributed by atoms with Gasteiger partial charge >= 0.3 is 6.03 Å². The zero-order chi connectivity index (χ0) is 20.1. The average Bonchev–Trinajstić information content (AvgIpc) is 2.74. The minimum atomic E-state index is -0.113. The second-order valence-corrected chi connectivity index (χ2v) is 8.23. The highest BCUT2D eigenvalue weighted by Gasteiger charge is 2.32. The highest BCUT2D eigenvalue weighted by molar-refractivity contribution is 6.31. The van der Waals surface area contributed by atoms with E-state index in [0.717, 1.165) is 48.4 Å². The molecule has 0 unspecified atom stereocenters. The number of amides is 3. The molecule has 0 aromatic heterocycles. The van der Waals surface area contributed by atoms with Gasteiger partial charge in [0.05, 0.1) is 6.04 Å². The van der Waals surface area contributed by atoms with Crippen LogP contribution in [0, 0.1) is 12.8 Å². The van der Waals surface area contributed by atoms with Crippen molar-refractivity contribution in [3.63, 3.8) is 0 Å². The number of piperidine rings is 1. The molecule has 1 aromatic carbocycles. The van der Waals surface area contributed by atoms with Crippen LogP contribution < -0.4 is 5.32 Å². The molecule has 3 rings (SSSR count). The second kappa shape index (κ2) is 9.61. The van der Waals surface area contributed by atoms with E-state index < -0.39 is 0 Å². The van der Waals surface area contributed by atoms with Crippen LogP contribution >= 0.6 is 11.6 Å². The van der Waals surface area contributed by atoms with Crippen LogP contribution in [0.2, 0.25) is 5.02 Å². The fourth-order valence-corrected chi connectivity index (χ4v) is 4.08. The summed E-state index contributed by atoms with van der Waals surface area (Å²) in [5, 5.41) is 3.70. The Morgan fingerprint density at radius 1 is 1.29 bits per heavy atom. The van der Waals surface area contributed by atoms with Gasteiger partial charge in [0.1, 0.15) is 0 Å². The number of nitrogens with one attached hydrogen (secondary N) is 1. The topological polar surface area (TPSA) is 61.9 Å². The molecule has 1 aromatic rings.